The number of fused-ring (bicyclic) bond motifs is 1. The van der Waals surface area contributed by atoms with E-state index in [0.29, 0.717) is 36.2 Å². The zero-order valence-electron chi connectivity index (χ0n) is 24.6. The van der Waals surface area contributed by atoms with E-state index in [1.165, 1.54) is 12.1 Å². The standard InChI is InChI=1S/C29H38BF3N6O5/c1-28(2)21-8-7-20(13-22(21)30(43)44-28)37-27(42)24(11-16-3-5-17(6-4-16)29(31,32)33)38-26(41)23(36)9-10-25(40)39-14-18(34)12-19(35)15-39/h3-8,13,18-19,23-24,43H,9-12,14-15,34-36H2,1-2H3,(H,37,42)(H,38,41)/t18-,19-,23?,24?/m0/s1. The topological polar surface area (TPSA) is 186 Å². The summed E-state index contributed by atoms with van der Waals surface area (Å²) in [6, 6.07) is 6.27. The second-order valence-electron chi connectivity index (χ2n) is 11.9. The van der Waals surface area contributed by atoms with Gasteiger partial charge < -0.3 is 42.4 Å². The predicted octanol–water partition coefficient (Wildman–Crippen LogP) is 0.319. The largest absolute Gasteiger partial charge is 0.492 e. The first-order chi connectivity index (χ1) is 20.5. The normalized spacial score (nSPS) is 20.9. The van der Waals surface area contributed by atoms with Crippen molar-refractivity contribution in [3.05, 3.63) is 59.2 Å². The van der Waals surface area contributed by atoms with Crippen LogP contribution >= 0.6 is 0 Å². The molecule has 44 heavy (non-hydrogen) atoms. The first kappa shape index (κ1) is 33.4. The third-order valence-corrected chi connectivity index (χ3v) is 7.87. The molecule has 0 aromatic heterocycles. The number of likely N-dealkylation sites (tertiary alicyclic amines) is 1. The Hall–Kier alpha value is -3.50. The fraction of sp³-hybridized carbons (Fsp3) is 0.483. The van der Waals surface area contributed by atoms with Crippen LogP contribution in [-0.2, 0) is 37.2 Å². The van der Waals surface area contributed by atoms with Crippen LogP contribution in [0, 0.1) is 0 Å². The highest BCUT2D eigenvalue weighted by Crippen LogP contribution is 2.31. The second-order valence-corrected chi connectivity index (χ2v) is 11.9. The van der Waals surface area contributed by atoms with Crippen LogP contribution in [0.25, 0.3) is 0 Å². The molecule has 2 aliphatic heterocycles. The maximum absolute atomic E-state index is 13.4. The van der Waals surface area contributed by atoms with Crippen molar-refractivity contribution in [3.63, 3.8) is 0 Å². The van der Waals surface area contributed by atoms with Crippen LogP contribution in [0.15, 0.2) is 42.5 Å². The minimum absolute atomic E-state index is 0.0151. The molecule has 4 atom stereocenters. The number of anilines is 1. The Morgan fingerprint density at radius 1 is 1.09 bits per heavy atom. The summed E-state index contributed by atoms with van der Waals surface area (Å²) in [7, 11) is -1.20. The summed E-state index contributed by atoms with van der Waals surface area (Å²) >= 11 is 0. The maximum atomic E-state index is 13.4. The van der Waals surface area contributed by atoms with Gasteiger partial charge in [0.05, 0.1) is 17.2 Å². The quantitative estimate of drug-likeness (QED) is 0.217. The van der Waals surface area contributed by atoms with E-state index in [0.717, 1.165) is 17.7 Å². The van der Waals surface area contributed by atoms with E-state index in [4.69, 9.17) is 21.9 Å². The van der Waals surface area contributed by atoms with Gasteiger partial charge in [0.15, 0.2) is 0 Å². The Bertz CT molecular complexity index is 1370. The molecule has 0 saturated carbocycles. The van der Waals surface area contributed by atoms with Crippen LogP contribution in [0.1, 0.15) is 49.8 Å². The van der Waals surface area contributed by atoms with Crippen molar-refractivity contribution >= 4 is 36.0 Å². The molecule has 2 heterocycles. The number of benzene rings is 2. The molecule has 2 aromatic rings. The number of piperidine rings is 1. The van der Waals surface area contributed by atoms with Crippen molar-refractivity contribution in [1.29, 1.82) is 0 Å². The van der Waals surface area contributed by atoms with E-state index in [-0.39, 0.29) is 37.3 Å². The molecule has 0 bridgehead atoms. The number of nitrogens with two attached hydrogens (primary N) is 3. The van der Waals surface area contributed by atoms with Crippen LogP contribution in [0.3, 0.4) is 0 Å². The summed E-state index contributed by atoms with van der Waals surface area (Å²) in [6.45, 7) is 4.30. The van der Waals surface area contributed by atoms with Crippen LogP contribution in [0.5, 0.6) is 0 Å². The molecule has 3 amide bonds. The lowest BCUT2D eigenvalue weighted by Gasteiger charge is -2.34. The Labute approximate surface area is 253 Å². The van der Waals surface area contributed by atoms with Crippen molar-refractivity contribution in [2.24, 2.45) is 17.2 Å². The van der Waals surface area contributed by atoms with Gasteiger partial charge in [-0.15, -0.1) is 0 Å². The zero-order chi connectivity index (χ0) is 32.4. The Morgan fingerprint density at radius 3 is 2.34 bits per heavy atom. The average Bonchev–Trinajstić information content (AvgIpc) is 3.17. The zero-order valence-corrected chi connectivity index (χ0v) is 24.6. The third kappa shape index (κ3) is 8.15. The van der Waals surface area contributed by atoms with E-state index >= 15 is 0 Å². The number of nitrogens with zero attached hydrogens (tertiary/aromatic N) is 1. The van der Waals surface area contributed by atoms with Crippen LogP contribution in [0.2, 0.25) is 0 Å². The molecule has 9 N–H and O–H groups in total. The molecular weight excluding hydrogens is 580 g/mol. The van der Waals surface area contributed by atoms with Crippen LogP contribution in [0.4, 0.5) is 18.9 Å². The van der Waals surface area contributed by atoms with E-state index < -0.39 is 48.4 Å². The van der Waals surface area contributed by atoms with Crippen molar-refractivity contribution in [2.45, 2.75) is 75.5 Å². The second kappa shape index (κ2) is 13.2. The molecule has 0 radical (unpaired) electrons. The Balaban J connectivity index is 1.45. The summed E-state index contributed by atoms with van der Waals surface area (Å²) in [6.07, 6.45) is -4.13. The molecule has 11 nitrogen and oxygen atoms in total. The van der Waals surface area contributed by atoms with Crippen LogP contribution in [-0.4, -0.2) is 72.0 Å². The van der Waals surface area contributed by atoms with Crippen molar-refractivity contribution < 1.29 is 37.2 Å². The number of amides is 3. The molecule has 2 aromatic carbocycles. The Morgan fingerprint density at radius 2 is 1.73 bits per heavy atom. The van der Waals surface area contributed by atoms with Gasteiger partial charge in [-0.1, -0.05) is 18.2 Å². The van der Waals surface area contributed by atoms with E-state index in [1.54, 1.807) is 36.9 Å². The van der Waals surface area contributed by atoms with Crippen molar-refractivity contribution in [2.75, 3.05) is 18.4 Å². The molecule has 4 rings (SSSR count). The number of carbonyl (C=O) groups excluding carboxylic acids is 3. The molecule has 2 aliphatic rings. The SMILES string of the molecule is CC1(C)OB(O)c2cc(NC(=O)C(Cc3ccc(C(F)(F)F)cc3)NC(=O)C(N)CCC(=O)N3C[C@@H](N)C[C@H](N)C3)ccc21. The summed E-state index contributed by atoms with van der Waals surface area (Å²) < 4.78 is 44.8. The third-order valence-electron chi connectivity index (χ3n) is 7.87. The summed E-state index contributed by atoms with van der Waals surface area (Å²) in [4.78, 5) is 40.7. The van der Waals surface area contributed by atoms with Crippen molar-refractivity contribution in [3.8, 4) is 0 Å². The van der Waals surface area contributed by atoms with E-state index in [2.05, 4.69) is 10.6 Å². The highest BCUT2D eigenvalue weighted by molar-refractivity contribution is 6.62. The van der Waals surface area contributed by atoms with Crippen molar-refractivity contribution in [1.82, 2.24) is 10.2 Å². The molecule has 1 saturated heterocycles. The van der Waals surface area contributed by atoms with Gasteiger partial charge in [-0.2, -0.15) is 13.2 Å². The van der Waals surface area contributed by atoms with Crippen LogP contribution < -0.4 is 33.3 Å². The number of carbonyl (C=O) groups is 3. The molecule has 15 heteroatoms. The summed E-state index contributed by atoms with van der Waals surface area (Å²) in [5, 5.41) is 15.6. The highest BCUT2D eigenvalue weighted by atomic mass is 19.4. The van der Waals surface area contributed by atoms with Gasteiger partial charge >= 0.3 is 13.3 Å². The van der Waals surface area contributed by atoms with Gasteiger partial charge in [0.25, 0.3) is 0 Å². The average molecular weight is 618 g/mol. The first-order valence-corrected chi connectivity index (χ1v) is 14.4. The van der Waals surface area contributed by atoms with Gasteiger partial charge in [0.2, 0.25) is 17.7 Å². The number of halogens is 3. The maximum Gasteiger partial charge on any atom is 0.492 e. The highest BCUT2D eigenvalue weighted by Gasteiger charge is 2.40. The molecular formula is C29H38BF3N6O5. The lowest BCUT2D eigenvalue weighted by atomic mass is 9.78. The fourth-order valence-electron chi connectivity index (χ4n) is 5.53. The minimum atomic E-state index is -4.53. The monoisotopic (exact) mass is 618 g/mol. The van der Waals surface area contributed by atoms with Gasteiger partial charge in [-0.05, 0) is 67.5 Å². The Kier molecular flexibility index (Phi) is 10.1. The number of hydrogen-bond acceptors (Lipinski definition) is 8. The smallest absolute Gasteiger partial charge is 0.423 e. The van der Waals surface area contributed by atoms with Gasteiger partial charge in [0.1, 0.15) is 6.04 Å². The van der Waals surface area contributed by atoms with E-state index in [9.17, 15) is 32.6 Å². The summed E-state index contributed by atoms with van der Waals surface area (Å²) in [5.74, 6) is -1.62. The molecule has 0 aliphatic carbocycles. The number of nitrogens with one attached hydrogen (secondary N) is 2. The first-order valence-electron chi connectivity index (χ1n) is 14.4. The van der Waals surface area contributed by atoms with Gasteiger partial charge in [-0.3, -0.25) is 14.4 Å². The van der Waals surface area contributed by atoms with E-state index in [1.807, 2.05) is 0 Å². The number of rotatable bonds is 9. The lowest BCUT2D eigenvalue weighted by Crippen LogP contribution is -2.54. The molecule has 2 unspecified atom stereocenters. The lowest BCUT2D eigenvalue weighted by molar-refractivity contribution is -0.137. The number of alkyl halides is 3. The van der Waals surface area contributed by atoms with Gasteiger partial charge in [-0.25, -0.2) is 0 Å². The number of hydrogen-bond donors (Lipinski definition) is 6. The predicted molar refractivity (Wildman–Crippen MR) is 158 cm³/mol. The molecule has 238 valence electrons. The molecule has 1 fully saturated rings. The fourth-order valence-corrected chi connectivity index (χ4v) is 5.53. The summed E-state index contributed by atoms with van der Waals surface area (Å²) in [5.41, 5.74) is 18.3. The molecule has 0 spiro atoms. The minimum Gasteiger partial charge on any atom is -0.423 e. The van der Waals surface area contributed by atoms with Gasteiger partial charge in [0, 0.05) is 43.7 Å².